The zero-order chi connectivity index (χ0) is 25.6. The predicted molar refractivity (Wildman–Crippen MR) is 135 cm³/mol. The zero-order valence-electron chi connectivity index (χ0n) is 20.1. The SMILES string of the molecule is CC[C@H](C)[C@@H](NC(=O)c1ccccc1)C(=O)Nc1ccc(S(=O)(=O)Nc2cc(C)nc(C)n2)cc1. The van der Waals surface area contributed by atoms with Crippen molar-refractivity contribution in [2.45, 2.75) is 45.1 Å². The maximum atomic E-state index is 13.0. The topological polar surface area (TPSA) is 130 Å². The first-order valence-electron chi connectivity index (χ1n) is 11.2. The summed E-state index contributed by atoms with van der Waals surface area (Å²) in [6, 6.07) is 15.2. The van der Waals surface area contributed by atoms with Gasteiger partial charge in [-0.05, 0) is 56.2 Å². The van der Waals surface area contributed by atoms with Gasteiger partial charge in [0, 0.05) is 23.0 Å². The number of amides is 2. The minimum Gasteiger partial charge on any atom is -0.340 e. The second-order valence-electron chi connectivity index (χ2n) is 8.26. The van der Waals surface area contributed by atoms with Crippen LogP contribution >= 0.6 is 0 Å². The van der Waals surface area contributed by atoms with Crippen LogP contribution in [-0.2, 0) is 14.8 Å². The average molecular weight is 496 g/mol. The summed E-state index contributed by atoms with van der Waals surface area (Å²) in [5.74, 6) is -0.210. The molecular formula is C25H29N5O4S. The molecule has 0 aliphatic carbocycles. The summed E-state index contributed by atoms with van der Waals surface area (Å²) in [5, 5.41) is 5.57. The number of aryl methyl sites for hydroxylation is 2. The van der Waals surface area contributed by atoms with Crippen molar-refractivity contribution >= 4 is 33.3 Å². The first kappa shape index (κ1) is 25.8. The summed E-state index contributed by atoms with van der Waals surface area (Å²) >= 11 is 0. The van der Waals surface area contributed by atoms with E-state index >= 15 is 0 Å². The highest BCUT2D eigenvalue weighted by molar-refractivity contribution is 7.92. The number of rotatable bonds is 9. The lowest BCUT2D eigenvalue weighted by atomic mass is 9.97. The fourth-order valence-corrected chi connectivity index (χ4v) is 4.41. The minimum atomic E-state index is -3.88. The van der Waals surface area contributed by atoms with E-state index in [9.17, 15) is 18.0 Å². The normalized spacial score (nSPS) is 12.9. The van der Waals surface area contributed by atoms with Gasteiger partial charge in [-0.25, -0.2) is 18.4 Å². The van der Waals surface area contributed by atoms with E-state index < -0.39 is 16.1 Å². The lowest BCUT2D eigenvalue weighted by Gasteiger charge is -2.23. The Labute approximate surface area is 205 Å². The number of nitrogens with one attached hydrogen (secondary N) is 3. The van der Waals surface area contributed by atoms with Crippen LogP contribution in [0.25, 0.3) is 0 Å². The van der Waals surface area contributed by atoms with E-state index in [0.29, 0.717) is 29.2 Å². The molecule has 0 spiro atoms. The van der Waals surface area contributed by atoms with Gasteiger partial charge in [-0.15, -0.1) is 0 Å². The molecule has 0 radical (unpaired) electrons. The minimum absolute atomic E-state index is 0.0141. The molecule has 2 amide bonds. The quantitative estimate of drug-likeness (QED) is 0.415. The molecule has 0 fully saturated rings. The predicted octanol–water partition coefficient (Wildman–Crippen LogP) is 3.68. The Balaban J connectivity index is 1.71. The van der Waals surface area contributed by atoms with Gasteiger partial charge in [-0.2, -0.15) is 0 Å². The lowest BCUT2D eigenvalue weighted by molar-refractivity contribution is -0.119. The molecule has 1 heterocycles. The fourth-order valence-electron chi connectivity index (χ4n) is 3.42. The van der Waals surface area contributed by atoms with Crippen molar-refractivity contribution in [3.63, 3.8) is 0 Å². The maximum absolute atomic E-state index is 13.0. The number of nitrogens with zero attached hydrogens (tertiary/aromatic N) is 2. The van der Waals surface area contributed by atoms with Gasteiger partial charge < -0.3 is 10.6 Å². The molecule has 184 valence electrons. The number of aromatic nitrogens is 2. The van der Waals surface area contributed by atoms with Crippen LogP contribution in [0.1, 0.15) is 42.1 Å². The fraction of sp³-hybridized carbons (Fsp3) is 0.280. The molecule has 0 saturated carbocycles. The molecule has 0 aliphatic rings. The summed E-state index contributed by atoms with van der Waals surface area (Å²) in [6.07, 6.45) is 0.679. The van der Waals surface area contributed by atoms with Gasteiger partial charge in [0.1, 0.15) is 17.7 Å². The standard InChI is InChI=1S/C25H29N5O4S/c1-5-16(2)23(29-24(31)19-9-7-6-8-10-19)25(32)28-20-11-13-21(14-12-20)35(33,34)30-22-15-17(3)26-18(4)27-22/h6-16,23H,5H2,1-4H3,(H,28,32)(H,29,31)(H,26,27,30)/t16-,23+/m0/s1. The molecule has 3 aromatic rings. The monoisotopic (exact) mass is 495 g/mol. The van der Waals surface area contributed by atoms with Crippen molar-refractivity contribution in [3.05, 3.63) is 77.7 Å². The first-order valence-corrected chi connectivity index (χ1v) is 12.7. The summed E-state index contributed by atoms with van der Waals surface area (Å²) < 4.78 is 27.9. The van der Waals surface area contributed by atoms with Gasteiger partial charge in [0.05, 0.1) is 4.90 Å². The number of hydrogen-bond donors (Lipinski definition) is 3. The van der Waals surface area contributed by atoms with Crippen molar-refractivity contribution in [1.82, 2.24) is 15.3 Å². The zero-order valence-corrected chi connectivity index (χ0v) is 20.9. The van der Waals surface area contributed by atoms with Crippen molar-refractivity contribution in [2.75, 3.05) is 10.0 Å². The Bertz CT molecular complexity index is 1270. The Morgan fingerprint density at radius 1 is 0.971 bits per heavy atom. The van der Waals surface area contributed by atoms with Crippen LogP contribution in [0.5, 0.6) is 0 Å². The van der Waals surface area contributed by atoms with E-state index in [0.717, 1.165) is 0 Å². The van der Waals surface area contributed by atoms with E-state index in [1.165, 1.54) is 30.3 Å². The van der Waals surface area contributed by atoms with Gasteiger partial charge >= 0.3 is 0 Å². The molecule has 0 aliphatic heterocycles. The van der Waals surface area contributed by atoms with Gasteiger partial charge in [0.2, 0.25) is 5.91 Å². The number of sulfonamides is 1. The Hall–Kier alpha value is -3.79. The van der Waals surface area contributed by atoms with Crippen LogP contribution in [-0.4, -0.2) is 36.2 Å². The molecule has 1 aromatic heterocycles. The highest BCUT2D eigenvalue weighted by Crippen LogP contribution is 2.19. The van der Waals surface area contributed by atoms with Crippen molar-refractivity contribution in [3.8, 4) is 0 Å². The van der Waals surface area contributed by atoms with E-state index in [2.05, 4.69) is 25.3 Å². The van der Waals surface area contributed by atoms with Crippen LogP contribution in [0.4, 0.5) is 11.5 Å². The molecule has 9 nitrogen and oxygen atoms in total. The molecule has 35 heavy (non-hydrogen) atoms. The molecule has 0 saturated heterocycles. The molecule has 0 bridgehead atoms. The highest BCUT2D eigenvalue weighted by atomic mass is 32.2. The third kappa shape index (κ3) is 6.86. The second-order valence-corrected chi connectivity index (χ2v) is 9.95. The van der Waals surface area contributed by atoms with Crippen LogP contribution < -0.4 is 15.4 Å². The number of anilines is 2. The molecule has 3 rings (SSSR count). The molecule has 0 unspecified atom stereocenters. The third-order valence-corrected chi connectivity index (χ3v) is 6.83. The van der Waals surface area contributed by atoms with Crippen molar-refractivity contribution in [2.24, 2.45) is 5.92 Å². The van der Waals surface area contributed by atoms with E-state index in [-0.39, 0.29) is 28.4 Å². The number of carbonyl (C=O) groups is 2. The average Bonchev–Trinajstić information content (AvgIpc) is 2.81. The Morgan fingerprint density at radius 3 is 2.23 bits per heavy atom. The number of hydrogen-bond acceptors (Lipinski definition) is 6. The molecule has 10 heteroatoms. The second kappa shape index (κ2) is 11.1. The third-order valence-electron chi connectivity index (χ3n) is 5.46. The largest absolute Gasteiger partial charge is 0.340 e. The smallest absolute Gasteiger partial charge is 0.263 e. The van der Waals surface area contributed by atoms with E-state index in [4.69, 9.17) is 0 Å². The Kier molecular flexibility index (Phi) is 8.18. The summed E-state index contributed by atoms with van der Waals surface area (Å²) in [6.45, 7) is 7.25. The van der Waals surface area contributed by atoms with Crippen LogP contribution in [0, 0.1) is 19.8 Å². The van der Waals surface area contributed by atoms with Gasteiger partial charge in [-0.1, -0.05) is 38.5 Å². The highest BCUT2D eigenvalue weighted by Gasteiger charge is 2.26. The summed E-state index contributed by atoms with van der Waals surface area (Å²) in [5.41, 5.74) is 1.51. The van der Waals surface area contributed by atoms with Crippen molar-refractivity contribution < 1.29 is 18.0 Å². The summed E-state index contributed by atoms with van der Waals surface area (Å²) in [4.78, 5) is 33.8. The molecule has 3 N–H and O–H groups in total. The molecular weight excluding hydrogens is 466 g/mol. The van der Waals surface area contributed by atoms with E-state index in [1.807, 2.05) is 19.9 Å². The van der Waals surface area contributed by atoms with Crippen LogP contribution in [0.3, 0.4) is 0 Å². The van der Waals surface area contributed by atoms with E-state index in [1.54, 1.807) is 38.1 Å². The lowest BCUT2D eigenvalue weighted by Crippen LogP contribution is -2.47. The van der Waals surface area contributed by atoms with Crippen molar-refractivity contribution in [1.29, 1.82) is 0 Å². The Morgan fingerprint density at radius 2 is 1.63 bits per heavy atom. The van der Waals surface area contributed by atoms with Gasteiger partial charge in [-0.3, -0.25) is 14.3 Å². The maximum Gasteiger partial charge on any atom is 0.263 e. The van der Waals surface area contributed by atoms with Gasteiger partial charge in [0.15, 0.2) is 0 Å². The first-order chi connectivity index (χ1) is 16.6. The number of carbonyl (C=O) groups excluding carboxylic acids is 2. The summed E-state index contributed by atoms with van der Waals surface area (Å²) in [7, 11) is -3.88. The van der Waals surface area contributed by atoms with Gasteiger partial charge in [0.25, 0.3) is 15.9 Å². The molecule has 2 aromatic carbocycles. The molecule has 2 atom stereocenters. The number of benzene rings is 2. The van der Waals surface area contributed by atoms with Crippen LogP contribution in [0.2, 0.25) is 0 Å². The van der Waals surface area contributed by atoms with Crippen LogP contribution in [0.15, 0.2) is 65.6 Å².